The lowest BCUT2D eigenvalue weighted by Gasteiger charge is -2.07. The topological polar surface area (TPSA) is 50.9 Å². The van der Waals surface area contributed by atoms with Crippen LogP contribution in [0.5, 0.6) is 0 Å². The average Bonchev–Trinajstić information content (AvgIpc) is 2.37. The third kappa shape index (κ3) is 7.11. The van der Waals surface area contributed by atoms with Gasteiger partial charge in [-0.3, -0.25) is 0 Å². The Labute approximate surface area is 122 Å². The molecule has 0 radical (unpaired) electrons. The first-order valence-corrected chi connectivity index (χ1v) is 7.50. The monoisotopic (exact) mass is 279 g/mol. The van der Waals surface area contributed by atoms with Crippen molar-refractivity contribution >= 4 is 23.0 Å². The van der Waals surface area contributed by atoms with Crippen LogP contribution in [0.1, 0.15) is 51.5 Å². The second-order valence-corrected chi connectivity index (χ2v) is 5.76. The van der Waals surface area contributed by atoms with Crippen LogP contribution in [0.25, 0.3) is 0 Å². The molecule has 0 spiro atoms. The standard InChI is InChI=1S/C15H25N3S/c1-12(2)7-5-3-4-6-9-17-14-11-13(15(16)19)8-10-18-14/h8,10-12H,3-7,9H2,1-2H3,(H2,16,19)(H,17,18). The van der Waals surface area contributed by atoms with Crippen LogP contribution in [0.3, 0.4) is 0 Å². The Balaban J connectivity index is 2.15. The van der Waals surface area contributed by atoms with E-state index in [0.29, 0.717) is 4.99 Å². The second kappa shape index (κ2) is 8.86. The molecule has 3 nitrogen and oxygen atoms in total. The van der Waals surface area contributed by atoms with Crippen LogP contribution in [0.2, 0.25) is 0 Å². The van der Waals surface area contributed by atoms with Gasteiger partial charge in [-0.2, -0.15) is 0 Å². The van der Waals surface area contributed by atoms with Gasteiger partial charge in [-0.1, -0.05) is 51.7 Å². The first-order chi connectivity index (χ1) is 9.09. The van der Waals surface area contributed by atoms with Crippen molar-refractivity contribution in [1.82, 2.24) is 4.98 Å². The summed E-state index contributed by atoms with van der Waals surface area (Å²) in [5.41, 5.74) is 6.46. The van der Waals surface area contributed by atoms with Gasteiger partial charge >= 0.3 is 0 Å². The maximum Gasteiger partial charge on any atom is 0.126 e. The zero-order valence-electron chi connectivity index (χ0n) is 12.0. The van der Waals surface area contributed by atoms with Gasteiger partial charge < -0.3 is 11.1 Å². The molecule has 4 heteroatoms. The van der Waals surface area contributed by atoms with Crippen LogP contribution in [-0.2, 0) is 0 Å². The number of nitrogens with one attached hydrogen (secondary N) is 1. The van der Waals surface area contributed by atoms with E-state index in [2.05, 4.69) is 24.1 Å². The number of nitrogens with two attached hydrogens (primary N) is 1. The van der Waals surface area contributed by atoms with Gasteiger partial charge in [-0.15, -0.1) is 0 Å². The fourth-order valence-electron chi connectivity index (χ4n) is 1.93. The highest BCUT2D eigenvalue weighted by Gasteiger charge is 1.99. The molecule has 1 rings (SSSR count). The molecule has 0 aliphatic carbocycles. The molecule has 106 valence electrons. The fourth-order valence-corrected chi connectivity index (χ4v) is 2.06. The molecule has 0 fully saturated rings. The predicted molar refractivity (Wildman–Crippen MR) is 86.5 cm³/mol. The van der Waals surface area contributed by atoms with E-state index in [1.807, 2.05) is 12.1 Å². The van der Waals surface area contributed by atoms with Crippen molar-refractivity contribution in [2.75, 3.05) is 11.9 Å². The summed E-state index contributed by atoms with van der Waals surface area (Å²) in [6.07, 6.45) is 8.18. The van der Waals surface area contributed by atoms with Crippen LogP contribution in [0.15, 0.2) is 18.3 Å². The average molecular weight is 279 g/mol. The van der Waals surface area contributed by atoms with Crippen LogP contribution >= 0.6 is 12.2 Å². The number of anilines is 1. The van der Waals surface area contributed by atoms with Gasteiger partial charge in [-0.05, 0) is 24.5 Å². The van der Waals surface area contributed by atoms with E-state index in [9.17, 15) is 0 Å². The molecule has 1 aromatic rings. The number of hydrogen-bond donors (Lipinski definition) is 2. The molecule has 0 aromatic carbocycles. The van der Waals surface area contributed by atoms with Gasteiger partial charge in [0.05, 0.1) is 0 Å². The first-order valence-electron chi connectivity index (χ1n) is 7.09. The third-order valence-electron chi connectivity index (χ3n) is 3.06. The zero-order valence-corrected chi connectivity index (χ0v) is 12.8. The highest BCUT2D eigenvalue weighted by molar-refractivity contribution is 7.80. The summed E-state index contributed by atoms with van der Waals surface area (Å²) < 4.78 is 0. The molecule has 1 aromatic heterocycles. The Morgan fingerprint density at radius 1 is 1.32 bits per heavy atom. The lowest BCUT2D eigenvalue weighted by molar-refractivity contribution is 0.523. The van der Waals surface area contributed by atoms with Crippen molar-refractivity contribution in [3.05, 3.63) is 23.9 Å². The Bertz CT molecular complexity index is 391. The van der Waals surface area contributed by atoms with Crippen LogP contribution in [0, 0.1) is 5.92 Å². The molecule has 0 aliphatic heterocycles. The van der Waals surface area contributed by atoms with Crippen molar-refractivity contribution in [2.45, 2.75) is 46.0 Å². The van der Waals surface area contributed by atoms with Crippen LogP contribution in [0.4, 0.5) is 5.82 Å². The number of nitrogens with zero attached hydrogens (tertiary/aromatic N) is 1. The summed E-state index contributed by atoms with van der Waals surface area (Å²) in [6.45, 7) is 5.51. The molecule has 0 unspecified atom stereocenters. The summed E-state index contributed by atoms with van der Waals surface area (Å²) >= 11 is 4.95. The lowest BCUT2D eigenvalue weighted by Crippen LogP contribution is -2.11. The molecule has 0 atom stereocenters. The second-order valence-electron chi connectivity index (χ2n) is 5.32. The number of unbranched alkanes of at least 4 members (excludes halogenated alkanes) is 3. The summed E-state index contributed by atoms with van der Waals surface area (Å²) in [5.74, 6) is 1.68. The van der Waals surface area contributed by atoms with E-state index >= 15 is 0 Å². The molecule has 3 N–H and O–H groups in total. The highest BCUT2D eigenvalue weighted by atomic mass is 32.1. The maximum atomic E-state index is 5.59. The summed E-state index contributed by atoms with van der Waals surface area (Å²) in [5, 5.41) is 3.31. The van der Waals surface area contributed by atoms with Crippen molar-refractivity contribution in [1.29, 1.82) is 0 Å². The SMILES string of the molecule is CC(C)CCCCCCNc1cc(C(N)=S)ccn1. The van der Waals surface area contributed by atoms with Crippen molar-refractivity contribution in [2.24, 2.45) is 11.7 Å². The van der Waals surface area contributed by atoms with E-state index in [1.165, 1.54) is 32.1 Å². The summed E-state index contributed by atoms with van der Waals surface area (Å²) in [4.78, 5) is 4.67. The molecule has 0 saturated heterocycles. The van der Waals surface area contributed by atoms with Gasteiger partial charge in [0, 0.05) is 18.3 Å². The molecule has 0 saturated carbocycles. The number of hydrogen-bond acceptors (Lipinski definition) is 3. The molecule has 0 bridgehead atoms. The van der Waals surface area contributed by atoms with Gasteiger partial charge in [-0.25, -0.2) is 4.98 Å². The Kier molecular flexibility index (Phi) is 7.41. The van der Waals surface area contributed by atoms with Crippen molar-refractivity contribution < 1.29 is 0 Å². The van der Waals surface area contributed by atoms with E-state index < -0.39 is 0 Å². The summed E-state index contributed by atoms with van der Waals surface area (Å²) in [6, 6.07) is 3.74. The minimum absolute atomic E-state index is 0.416. The molecular formula is C15H25N3S. The number of thiocarbonyl (C=S) groups is 1. The third-order valence-corrected chi connectivity index (χ3v) is 3.29. The quantitative estimate of drug-likeness (QED) is 0.534. The predicted octanol–water partition coefficient (Wildman–Crippen LogP) is 3.73. The van der Waals surface area contributed by atoms with Gasteiger partial charge in [0.25, 0.3) is 0 Å². The van der Waals surface area contributed by atoms with Gasteiger partial charge in [0.1, 0.15) is 10.8 Å². The summed E-state index contributed by atoms with van der Waals surface area (Å²) in [7, 11) is 0. The van der Waals surface area contributed by atoms with Crippen LogP contribution < -0.4 is 11.1 Å². The van der Waals surface area contributed by atoms with Crippen molar-refractivity contribution in [3.8, 4) is 0 Å². The normalized spacial score (nSPS) is 10.7. The maximum absolute atomic E-state index is 5.59. The van der Waals surface area contributed by atoms with Gasteiger partial charge in [0.15, 0.2) is 0 Å². The minimum Gasteiger partial charge on any atom is -0.389 e. The number of aromatic nitrogens is 1. The smallest absolute Gasteiger partial charge is 0.126 e. The molecule has 1 heterocycles. The Morgan fingerprint density at radius 3 is 2.74 bits per heavy atom. The van der Waals surface area contributed by atoms with Gasteiger partial charge in [0.2, 0.25) is 0 Å². The fraction of sp³-hybridized carbons (Fsp3) is 0.600. The van der Waals surface area contributed by atoms with E-state index in [1.54, 1.807) is 6.20 Å². The number of pyridine rings is 1. The highest BCUT2D eigenvalue weighted by Crippen LogP contribution is 2.10. The Morgan fingerprint density at radius 2 is 2.05 bits per heavy atom. The van der Waals surface area contributed by atoms with E-state index in [-0.39, 0.29) is 0 Å². The molecular weight excluding hydrogens is 254 g/mol. The molecule has 0 amide bonds. The van der Waals surface area contributed by atoms with Crippen LogP contribution in [-0.4, -0.2) is 16.5 Å². The largest absolute Gasteiger partial charge is 0.389 e. The molecule has 19 heavy (non-hydrogen) atoms. The lowest BCUT2D eigenvalue weighted by atomic mass is 10.0. The minimum atomic E-state index is 0.416. The molecule has 0 aliphatic rings. The first kappa shape index (κ1) is 15.9. The number of rotatable bonds is 9. The van der Waals surface area contributed by atoms with E-state index in [4.69, 9.17) is 18.0 Å². The zero-order chi connectivity index (χ0) is 14.1. The van der Waals surface area contributed by atoms with Crippen molar-refractivity contribution in [3.63, 3.8) is 0 Å². The Hall–Kier alpha value is -1.16. The van der Waals surface area contributed by atoms with E-state index in [0.717, 1.165) is 23.8 Å².